The molecule has 21 heavy (non-hydrogen) atoms. The topological polar surface area (TPSA) is 37.4 Å². The molecule has 112 valence electrons. The molecule has 0 radical (unpaired) electrons. The maximum Gasteiger partial charge on any atom is 0.228 e. The van der Waals surface area contributed by atoms with Gasteiger partial charge in [0.25, 0.3) is 0 Å². The summed E-state index contributed by atoms with van der Waals surface area (Å²) < 4.78 is 25.7. The molecule has 0 aromatic heterocycles. The molecule has 0 saturated heterocycles. The van der Waals surface area contributed by atoms with Gasteiger partial charge < -0.3 is 0 Å². The van der Waals surface area contributed by atoms with Crippen LogP contribution in [0.2, 0.25) is 0 Å². The lowest BCUT2D eigenvalue weighted by molar-refractivity contribution is 0.412. The Morgan fingerprint density at radius 2 is 1.38 bits per heavy atom. The van der Waals surface area contributed by atoms with E-state index in [1.165, 1.54) is 4.31 Å². The molecule has 0 aliphatic heterocycles. The second kappa shape index (κ2) is 7.59. The van der Waals surface area contributed by atoms with Crippen molar-refractivity contribution in [2.45, 2.75) is 13.0 Å². The van der Waals surface area contributed by atoms with Gasteiger partial charge in [-0.1, -0.05) is 60.7 Å². The van der Waals surface area contributed by atoms with Gasteiger partial charge in [-0.05, 0) is 17.5 Å². The van der Waals surface area contributed by atoms with Gasteiger partial charge in [-0.2, -0.15) is 4.31 Å². The Labute approximate surface area is 131 Å². The van der Waals surface area contributed by atoms with E-state index in [9.17, 15) is 8.42 Å². The lowest BCUT2D eigenvalue weighted by atomic mass is 10.1. The molecule has 0 spiro atoms. The molecule has 2 aromatic rings. The highest BCUT2D eigenvalue weighted by Gasteiger charge is 2.20. The van der Waals surface area contributed by atoms with Gasteiger partial charge in [0, 0.05) is 13.1 Å². The summed E-state index contributed by atoms with van der Waals surface area (Å²) >= 11 is 5.61. The summed E-state index contributed by atoms with van der Waals surface area (Å²) in [6.45, 7) is 0.774. The van der Waals surface area contributed by atoms with Crippen LogP contribution in [0, 0.1) is 0 Å². The summed E-state index contributed by atoms with van der Waals surface area (Å²) in [6.07, 6.45) is 0.670. The fraction of sp³-hybridized carbons (Fsp3) is 0.250. The van der Waals surface area contributed by atoms with Gasteiger partial charge in [0.1, 0.15) is 5.21 Å². The predicted octanol–water partition coefficient (Wildman–Crippen LogP) is 3.26. The van der Waals surface area contributed by atoms with E-state index < -0.39 is 15.2 Å². The summed E-state index contributed by atoms with van der Waals surface area (Å²) in [5.41, 5.74) is 2.07. The second-order valence-electron chi connectivity index (χ2n) is 4.78. The van der Waals surface area contributed by atoms with Crippen molar-refractivity contribution in [1.82, 2.24) is 4.31 Å². The number of benzene rings is 2. The number of hydrogen-bond donors (Lipinski definition) is 0. The third kappa shape index (κ3) is 4.84. The van der Waals surface area contributed by atoms with E-state index in [0.29, 0.717) is 19.5 Å². The molecular formula is C16H18ClNO2S. The van der Waals surface area contributed by atoms with Crippen LogP contribution in [0.25, 0.3) is 0 Å². The van der Waals surface area contributed by atoms with E-state index in [0.717, 1.165) is 11.1 Å². The summed E-state index contributed by atoms with van der Waals surface area (Å²) in [6, 6.07) is 19.4. The monoisotopic (exact) mass is 323 g/mol. The van der Waals surface area contributed by atoms with Crippen LogP contribution in [0.4, 0.5) is 0 Å². The average Bonchev–Trinajstić information content (AvgIpc) is 2.53. The van der Waals surface area contributed by atoms with Gasteiger partial charge in [-0.3, -0.25) is 0 Å². The van der Waals surface area contributed by atoms with Crippen LogP contribution in [0.3, 0.4) is 0 Å². The fourth-order valence-corrected chi connectivity index (χ4v) is 3.34. The summed E-state index contributed by atoms with van der Waals surface area (Å²) in [4.78, 5) is 0. The molecule has 0 bridgehead atoms. The maximum absolute atomic E-state index is 12.1. The molecule has 2 rings (SSSR count). The van der Waals surface area contributed by atoms with Crippen molar-refractivity contribution in [1.29, 1.82) is 0 Å². The largest absolute Gasteiger partial charge is 0.228 e. The highest BCUT2D eigenvalue weighted by Crippen LogP contribution is 2.12. The molecule has 0 aliphatic rings. The molecule has 2 aromatic carbocycles. The Kier molecular flexibility index (Phi) is 5.79. The highest BCUT2D eigenvalue weighted by molar-refractivity contribution is 7.90. The minimum atomic E-state index is -3.43. The van der Waals surface area contributed by atoms with E-state index in [2.05, 4.69) is 0 Å². The smallest absolute Gasteiger partial charge is 0.211 e. The molecule has 0 N–H and O–H groups in total. The molecule has 0 amide bonds. The zero-order chi connectivity index (χ0) is 15.1. The molecule has 0 heterocycles. The quantitative estimate of drug-likeness (QED) is 0.733. The molecule has 0 atom stereocenters. The maximum atomic E-state index is 12.1. The second-order valence-corrected chi connectivity index (χ2v) is 7.33. The Balaban J connectivity index is 2.10. The van der Waals surface area contributed by atoms with E-state index in [1.807, 2.05) is 60.7 Å². The Morgan fingerprint density at radius 1 is 0.857 bits per heavy atom. The Hall–Kier alpha value is -1.36. The van der Waals surface area contributed by atoms with Crippen LogP contribution in [0.1, 0.15) is 11.1 Å². The van der Waals surface area contributed by atoms with Crippen molar-refractivity contribution in [3.8, 4) is 0 Å². The van der Waals surface area contributed by atoms with Crippen LogP contribution in [-0.2, 0) is 23.0 Å². The first-order valence-corrected chi connectivity index (χ1v) is 8.88. The van der Waals surface area contributed by atoms with Crippen molar-refractivity contribution < 1.29 is 8.42 Å². The minimum absolute atomic E-state index is 0.350. The van der Waals surface area contributed by atoms with Gasteiger partial charge in [-0.15, -0.1) is 11.6 Å². The standard InChI is InChI=1S/C16H18ClNO2S/c17-14-21(19,20)18(13-16-9-5-2-6-10-16)12-11-15-7-3-1-4-8-15/h1-10H,11-14H2. The summed E-state index contributed by atoms with van der Waals surface area (Å²) in [5, 5.41) is -0.394. The first-order chi connectivity index (χ1) is 10.1. The third-order valence-electron chi connectivity index (χ3n) is 3.23. The lowest BCUT2D eigenvalue weighted by Gasteiger charge is -2.21. The minimum Gasteiger partial charge on any atom is -0.211 e. The van der Waals surface area contributed by atoms with E-state index in [-0.39, 0.29) is 0 Å². The fourth-order valence-electron chi connectivity index (χ4n) is 2.07. The van der Waals surface area contributed by atoms with Gasteiger partial charge in [0.2, 0.25) is 10.0 Å². The van der Waals surface area contributed by atoms with Crippen molar-refractivity contribution >= 4 is 21.6 Å². The van der Waals surface area contributed by atoms with Crippen LogP contribution in [-0.4, -0.2) is 24.5 Å². The van der Waals surface area contributed by atoms with Crippen LogP contribution in [0.5, 0.6) is 0 Å². The normalized spacial score (nSPS) is 11.7. The first kappa shape index (κ1) is 16.0. The molecule has 0 aliphatic carbocycles. The first-order valence-electron chi connectivity index (χ1n) is 6.73. The Morgan fingerprint density at radius 3 is 1.90 bits per heavy atom. The summed E-state index contributed by atoms with van der Waals surface area (Å²) in [5.74, 6) is 0. The molecule has 0 fully saturated rings. The van der Waals surface area contributed by atoms with Gasteiger partial charge in [0.05, 0.1) is 0 Å². The molecule has 3 nitrogen and oxygen atoms in total. The number of rotatable bonds is 7. The zero-order valence-corrected chi connectivity index (χ0v) is 13.2. The zero-order valence-electron chi connectivity index (χ0n) is 11.7. The van der Waals surface area contributed by atoms with E-state index >= 15 is 0 Å². The third-order valence-corrected chi connectivity index (χ3v) is 5.43. The number of nitrogens with zero attached hydrogens (tertiary/aromatic N) is 1. The van der Waals surface area contributed by atoms with Gasteiger partial charge >= 0.3 is 0 Å². The van der Waals surface area contributed by atoms with Crippen LogP contribution < -0.4 is 0 Å². The van der Waals surface area contributed by atoms with Crippen molar-refractivity contribution in [2.24, 2.45) is 0 Å². The van der Waals surface area contributed by atoms with Crippen LogP contribution >= 0.6 is 11.6 Å². The SMILES string of the molecule is O=S(=O)(CCl)N(CCc1ccccc1)Cc1ccccc1. The Bertz CT molecular complexity index is 644. The van der Waals surface area contributed by atoms with Gasteiger partial charge in [-0.25, -0.2) is 8.42 Å². The van der Waals surface area contributed by atoms with Crippen molar-refractivity contribution in [2.75, 3.05) is 11.8 Å². The van der Waals surface area contributed by atoms with Crippen LogP contribution in [0.15, 0.2) is 60.7 Å². The summed E-state index contributed by atoms with van der Waals surface area (Å²) in [7, 11) is -3.43. The predicted molar refractivity (Wildman–Crippen MR) is 86.6 cm³/mol. The van der Waals surface area contributed by atoms with E-state index in [1.54, 1.807) is 0 Å². The molecule has 0 unspecified atom stereocenters. The van der Waals surface area contributed by atoms with E-state index in [4.69, 9.17) is 11.6 Å². The molecule has 0 saturated carbocycles. The number of hydrogen-bond acceptors (Lipinski definition) is 2. The van der Waals surface area contributed by atoms with Gasteiger partial charge in [0.15, 0.2) is 0 Å². The number of alkyl halides is 1. The van der Waals surface area contributed by atoms with Crippen molar-refractivity contribution in [3.05, 3.63) is 71.8 Å². The molecule has 5 heteroatoms. The highest BCUT2D eigenvalue weighted by atomic mass is 35.5. The molecular weight excluding hydrogens is 306 g/mol. The van der Waals surface area contributed by atoms with Crippen molar-refractivity contribution in [3.63, 3.8) is 0 Å². The number of sulfonamides is 1. The lowest BCUT2D eigenvalue weighted by Crippen LogP contribution is -2.33. The number of halogens is 1. The average molecular weight is 324 g/mol.